The zero-order chi connectivity index (χ0) is 13.1. The van der Waals surface area contributed by atoms with Gasteiger partial charge in [0.1, 0.15) is 10.4 Å². The van der Waals surface area contributed by atoms with Crippen LogP contribution < -0.4 is 5.32 Å². The van der Waals surface area contributed by atoms with Gasteiger partial charge in [-0.2, -0.15) is 0 Å². The zero-order valence-electron chi connectivity index (χ0n) is 9.45. The minimum absolute atomic E-state index is 0.340. The normalized spacial score (nSPS) is 10.2. The first-order valence-corrected chi connectivity index (χ1v) is 5.90. The molecule has 1 heterocycles. The summed E-state index contributed by atoms with van der Waals surface area (Å²) in [6, 6.07) is 3.99. The molecule has 0 saturated carbocycles. The quantitative estimate of drug-likeness (QED) is 0.928. The Morgan fingerprint density at radius 1 is 1.33 bits per heavy atom. The minimum Gasteiger partial charge on any atom is -0.305 e. The number of nitrogens with one attached hydrogen (secondary N) is 1. The van der Waals surface area contributed by atoms with Crippen molar-refractivity contribution >= 4 is 27.7 Å². The fourth-order valence-corrected chi connectivity index (χ4v) is 1.65. The molecule has 0 bridgehead atoms. The van der Waals surface area contributed by atoms with E-state index in [0.29, 0.717) is 21.5 Å². The monoisotopic (exact) mass is 309 g/mol. The second kappa shape index (κ2) is 5.22. The molecule has 1 aromatic heterocycles. The van der Waals surface area contributed by atoms with Crippen molar-refractivity contribution in [1.82, 2.24) is 9.97 Å². The third kappa shape index (κ3) is 2.89. The number of nitrogens with zero attached hydrogens (tertiary/aromatic N) is 2. The van der Waals surface area contributed by atoms with Gasteiger partial charge in [-0.3, -0.25) is 4.79 Å². The van der Waals surface area contributed by atoms with E-state index < -0.39 is 0 Å². The molecule has 0 aliphatic rings. The summed E-state index contributed by atoms with van der Waals surface area (Å²) in [6.07, 6.45) is 2.91. The maximum absolute atomic E-state index is 12.9. The van der Waals surface area contributed by atoms with Crippen molar-refractivity contribution in [3.63, 3.8) is 0 Å². The van der Waals surface area contributed by atoms with Crippen LogP contribution in [0.25, 0.3) is 0 Å². The van der Waals surface area contributed by atoms with E-state index in [9.17, 15) is 9.18 Å². The van der Waals surface area contributed by atoms with Crippen LogP contribution in [-0.4, -0.2) is 15.9 Å². The molecule has 4 nitrogen and oxygen atoms in total. The van der Waals surface area contributed by atoms with E-state index in [4.69, 9.17) is 0 Å². The Morgan fingerprint density at radius 3 is 2.72 bits per heavy atom. The molecule has 1 aromatic carbocycles. The summed E-state index contributed by atoms with van der Waals surface area (Å²) < 4.78 is 13.5. The summed E-state index contributed by atoms with van der Waals surface area (Å²) in [7, 11) is 0. The van der Waals surface area contributed by atoms with Crippen LogP contribution >= 0.6 is 15.9 Å². The molecular weight excluding hydrogens is 301 g/mol. The number of carbonyl (C=O) groups is 1. The molecule has 0 aliphatic carbocycles. The number of hydrogen-bond donors (Lipinski definition) is 1. The number of carbonyl (C=O) groups excluding carboxylic acids is 1. The van der Waals surface area contributed by atoms with E-state index in [0.717, 1.165) is 0 Å². The van der Waals surface area contributed by atoms with Gasteiger partial charge in [0.25, 0.3) is 5.91 Å². The van der Waals surface area contributed by atoms with E-state index in [1.807, 2.05) is 0 Å². The minimum atomic E-state index is -0.368. The maximum atomic E-state index is 12.9. The highest BCUT2D eigenvalue weighted by atomic mass is 79.9. The molecule has 18 heavy (non-hydrogen) atoms. The van der Waals surface area contributed by atoms with Gasteiger partial charge in [0.05, 0.1) is 12.4 Å². The van der Waals surface area contributed by atoms with Crippen LogP contribution in [0.2, 0.25) is 0 Å². The van der Waals surface area contributed by atoms with Gasteiger partial charge < -0.3 is 5.32 Å². The molecule has 2 aromatic rings. The second-order valence-electron chi connectivity index (χ2n) is 3.64. The smallest absolute Gasteiger partial charge is 0.257 e. The van der Waals surface area contributed by atoms with Gasteiger partial charge in [0.15, 0.2) is 5.82 Å². The highest BCUT2D eigenvalue weighted by molar-refractivity contribution is 9.10. The number of anilines is 1. The molecule has 1 amide bonds. The summed E-state index contributed by atoms with van der Waals surface area (Å²) >= 11 is 3.15. The molecule has 6 heteroatoms. The number of rotatable bonds is 2. The predicted molar refractivity (Wildman–Crippen MR) is 68.8 cm³/mol. The predicted octanol–water partition coefficient (Wildman–Crippen LogP) is 2.94. The Labute approximate surface area is 111 Å². The van der Waals surface area contributed by atoms with Gasteiger partial charge in [0, 0.05) is 5.56 Å². The van der Waals surface area contributed by atoms with Crippen LogP contribution in [0.15, 0.2) is 35.2 Å². The van der Waals surface area contributed by atoms with Crippen LogP contribution in [0.4, 0.5) is 10.2 Å². The lowest BCUT2D eigenvalue weighted by atomic mass is 10.1. The topological polar surface area (TPSA) is 54.9 Å². The molecule has 0 fully saturated rings. The number of amides is 1. The van der Waals surface area contributed by atoms with Crippen LogP contribution in [0.3, 0.4) is 0 Å². The molecule has 0 spiro atoms. The number of halogens is 2. The van der Waals surface area contributed by atoms with Crippen LogP contribution in [-0.2, 0) is 0 Å². The third-order valence-electron chi connectivity index (χ3n) is 2.30. The molecule has 0 radical (unpaired) electrons. The molecule has 1 N–H and O–H groups in total. The van der Waals surface area contributed by atoms with Crippen molar-refractivity contribution < 1.29 is 9.18 Å². The fraction of sp³-hybridized carbons (Fsp3) is 0.0833. The van der Waals surface area contributed by atoms with Crippen LogP contribution in [0.1, 0.15) is 15.9 Å². The standard InChI is InChI=1S/C12H9BrFN3O/c1-7-4-8(14)2-3-9(7)12(18)17-11-6-15-10(13)5-16-11/h2-6H,1H3,(H,16,17,18). The lowest BCUT2D eigenvalue weighted by molar-refractivity contribution is 0.102. The Hall–Kier alpha value is -1.82. The molecule has 0 saturated heterocycles. The first-order valence-electron chi connectivity index (χ1n) is 5.11. The van der Waals surface area contributed by atoms with E-state index in [2.05, 4.69) is 31.2 Å². The fourth-order valence-electron chi connectivity index (χ4n) is 1.44. The average Bonchev–Trinajstić information content (AvgIpc) is 2.32. The van der Waals surface area contributed by atoms with E-state index >= 15 is 0 Å². The highest BCUT2D eigenvalue weighted by Crippen LogP contribution is 2.13. The molecule has 2 rings (SSSR count). The molecule has 92 valence electrons. The van der Waals surface area contributed by atoms with Gasteiger partial charge in [-0.1, -0.05) is 0 Å². The van der Waals surface area contributed by atoms with E-state index in [1.165, 1.54) is 30.6 Å². The summed E-state index contributed by atoms with van der Waals surface area (Å²) in [5.74, 6) is -0.372. The zero-order valence-corrected chi connectivity index (χ0v) is 11.0. The summed E-state index contributed by atoms with van der Waals surface area (Å²) in [5.41, 5.74) is 0.971. The summed E-state index contributed by atoms with van der Waals surface area (Å²) in [6.45, 7) is 1.67. The first kappa shape index (κ1) is 12.6. The van der Waals surface area contributed by atoms with Gasteiger partial charge in [0.2, 0.25) is 0 Å². The highest BCUT2D eigenvalue weighted by Gasteiger charge is 2.10. The van der Waals surface area contributed by atoms with Crippen molar-refractivity contribution in [3.05, 3.63) is 52.1 Å². The number of aryl methyl sites for hydroxylation is 1. The largest absolute Gasteiger partial charge is 0.305 e. The van der Waals surface area contributed by atoms with Gasteiger partial charge in [-0.25, -0.2) is 14.4 Å². The van der Waals surface area contributed by atoms with Gasteiger partial charge >= 0.3 is 0 Å². The number of aromatic nitrogens is 2. The lowest BCUT2D eigenvalue weighted by Crippen LogP contribution is -2.14. The third-order valence-corrected chi connectivity index (χ3v) is 2.70. The Morgan fingerprint density at radius 2 is 2.11 bits per heavy atom. The SMILES string of the molecule is Cc1cc(F)ccc1C(=O)Nc1cnc(Br)cn1. The number of hydrogen-bond acceptors (Lipinski definition) is 3. The van der Waals surface area contributed by atoms with Crippen LogP contribution in [0.5, 0.6) is 0 Å². The van der Waals surface area contributed by atoms with Crippen molar-refractivity contribution in [2.45, 2.75) is 6.92 Å². The molecule has 0 aliphatic heterocycles. The Bertz CT molecular complexity index is 586. The second-order valence-corrected chi connectivity index (χ2v) is 4.45. The van der Waals surface area contributed by atoms with Crippen LogP contribution in [0, 0.1) is 12.7 Å². The van der Waals surface area contributed by atoms with Crippen molar-refractivity contribution in [2.75, 3.05) is 5.32 Å². The van der Waals surface area contributed by atoms with Crippen molar-refractivity contribution in [1.29, 1.82) is 0 Å². The molecule has 0 unspecified atom stereocenters. The van der Waals surface area contributed by atoms with E-state index in [1.54, 1.807) is 6.92 Å². The van der Waals surface area contributed by atoms with Gasteiger partial charge in [-0.05, 0) is 46.6 Å². The van der Waals surface area contributed by atoms with E-state index in [-0.39, 0.29) is 11.7 Å². The Kier molecular flexibility index (Phi) is 3.66. The molecule has 0 atom stereocenters. The lowest BCUT2D eigenvalue weighted by Gasteiger charge is -2.06. The summed E-state index contributed by atoms with van der Waals surface area (Å²) in [5, 5.41) is 2.59. The van der Waals surface area contributed by atoms with Crippen molar-refractivity contribution in [2.24, 2.45) is 0 Å². The van der Waals surface area contributed by atoms with Crippen molar-refractivity contribution in [3.8, 4) is 0 Å². The number of benzene rings is 1. The summed E-state index contributed by atoms with van der Waals surface area (Å²) in [4.78, 5) is 19.8. The Balaban J connectivity index is 2.19. The maximum Gasteiger partial charge on any atom is 0.257 e. The molecular formula is C12H9BrFN3O. The van der Waals surface area contributed by atoms with Gasteiger partial charge in [-0.15, -0.1) is 0 Å². The average molecular weight is 310 g/mol. The first-order chi connectivity index (χ1) is 8.56.